The van der Waals surface area contributed by atoms with E-state index in [2.05, 4.69) is 4.74 Å². The van der Waals surface area contributed by atoms with E-state index in [0.29, 0.717) is 5.75 Å². The van der Waals surface area contributed by atoms with Crippen LogP contribution < -0.4 is 4.74 Å². The maximum Gasteiger partial charge on any atom is 0.307 e. The van der Waals surface area contributed by atoms with Gasteiger partial charge in [-0.2, -0.15) is 0 Å². The first-order valence-corrected chi connectivity index (χ1v) is 11.0. The summed E-state index contributed by atoms with van der Waals surface area (Å²) in [5.74, 6) is -1.19. The Balaban J connectivity index is 1.79. The number of esters is 1. The fraction of sp³-hybridized carbons (Fsp3) is 0.375. The molecule has 1 unspecified atom stereocenters. The van der Waals surface area contributed by atoms with Crippen LogP contribution in [0.3, 0.4) is 0 Å². The van der Waals surface area contributed by atoms with Gasteiger partial charge in [-0.3, -0.25) is 14.4 Å². The Morgan fingerprint density at radius 3 is 2.65 bits per heavy atom. The summed E-state index contributed by atoms with van der Waals surface area (Å²) < 4.78 is 29.4. The number of amides is 2. The standard InChI is InChI=1S/C24H26ClFN2O6/c1-32-18-5-3-4-16(10-18)15-34-19-12-27(9-8-23(30)33-2)22(29)14-28(13-19)24(31)20-7-6-17(26)11-21(20)25/h3-7,10-11,19H,8-9,12-15H2,1-2H3. The Bertz CT molecular complexity index is 1050. The van der Waals surface area contributed by atoms with Crippen molar-refractivity contribution in [3.05, 3.63) is 64.4 Å². The maximum absolute atomic E-state index is 13.5. The zero-order chi connectivity index (χ0) is 24.7. The largest absolute Gasteiger partial charge is 0.497 e. The predicted octanol–water partition coefficient (Wildman–Crippen LogP) is 2.92. The van der Waals surface area contributed by atoms with E-state index in [1.165, 1.54) is 23.0 Å². The topological polar surface area (TPSA) is 85.4 Å². The van der Waals surface area contributed by atoms with Crippen molar-refractivity contribution in [2.45, 2.75) is 19.1 Å². The molecule has 182 valence electrons. The molecule has 1 saturated heterocycles. The lowest BCUT2D eigenvalue weighted by molar-refractivity contribution is -0.142. The van der Waals surface area contributed by atoms with E-state index in [-0.39, 0.29) is 55.7 Å². The molecule has 3 rings (SSSR count). The number of methoxy groups -OCH3 is 2. The molecule has 10 heteroatoms. The number of benzene rings is 2. The van der Waals surface area contributed by atoms with Crippen molar-refractivity contribution >= 4 is 29.4 Å². The summed E-state index contributed by atoms with van der Waals surface area (Å²) in [6, 6.07) is 10.8. The molecule has 0 bridgehead atoms. The van der Waals surface area contributed by atoms with E-state index >= 15 is 0 Å². The SMILES string of the molecule is COC(=O)CCN1CC(OCc2cccc(OC)c2)CN(C(=O)c2ccc(F)cc2Cl)CC1=O. The summed E-state index contributed by atoms with van der Waals surface area (Å²) in [5, 5.41) is -0.0434. The number of carbonyl (C=O) groups excluding carboxylic acids is 3. The third-order valence-electron chi connectivity index (χ3n) is 5.41. The average Bonchev–Trinajstić information content (AvgIpc) is 2.99. The lowest BCUT2D eigenvalue weighted by Crippen LogP contribution is -2.40. The fourth-order valence-electron chi connectivity index (χ4n) is 3.59. The average molecular weight is 493 g/mol. The third-order valence-corrected chi connectivity index (χ3v) is 5.72. The van der Waals surface area contributed by atoms with E-state index < -0.39 is 23.8 Å². The van der Waals surface area contributed by atoms with E-state index in [9.17, 15) is 18.8 Å². The van der Waals surface area contributed by atoms with Crippen molar-refractivity contribution in [1.29, 1.82) is 0 Å². The van der Waals surface area contributed by atoms with Crippen molar-refractivity contribution < 1.29 is 33.0 Å². The molecule has 1 heterocycles. The monoisotopic (exact) mass is 492 g/mol. The maximum atomic E-state index is 13.5. The first-order valence-electron chi connectivity index (χ1n) is 10.6. The number of nitrogens with zero attached hydrogens (tertiary/aromatic N) is 2. The molecular weight excluding hydrogens is 467 g/mol. The van der Waals surface area contributed by atoms with Gasteiger partial charge in [0.25, 0.3) is 5.91 Å². The lowest BCUT2D eigenvalue weighted by Gasteiger charge is -2.25. The molecular formula is C24H26ClFN2O6. The summed E-state index contributed by atoms with van der Waals surface area (Å²) in [7, 11) is 2.85. The van der Waals surface area contributed by atoms with E-state index in [4.69, 9.17) is 21.1 Å². The molecule has 0 spiro atoms. The molecule has 8 nitrogen and oxygen atoms in total. The molecule has 1 atom stereocenters. The number of halogens is 2. The highest BCUT2D eigenvalue weighted by Crippen LogP contribution is 2.21. The van der Waals surface area contributed by atoms with Gasteiger partial charge in [0.1, 0.15) is 18.1 Å². The molecule has 2 aromatic rings. The Kier molecular flexibility index (Phi) is 8.84. The number of carbonyl (C=O) groups is 3. The third kappa shape index (κ3) is 6.68. The van der Waals surface area contributed by atoms with Crippen LogP contribution in [0.4, 0.5) is 4.39 Å². The van der Waals surface area contributed by atoms with Gasteiger partial charge in [0.05, 0.1) is 43.9 Å². The fourth-order valence-corrected chi connectivity index (χ4v) is 3.84. The molecule has 1 fully saturated rings. The second-order valence-corrected chi connectivity index (χ2v) is 8.17. The number of hydrogen-bond acceptors (Lipinski definition) is 6. The van der Waals surface area contributed by atoms with Gasteiger partial charge < -0.3 is 24.0 Å². The Morgan fingerprint density at radius 1 is 1.15 bits per heavy atom. The van der Waals surface area contributed by atoms with E-state index in [1.54, 1.807) is 7.11 Å². The van der Waals surface area contributed by atoms with Crippen LogP contribution in [-0.4, -0.2) is 74.1 Å². The predicted molar refractivity (Wildman–Crippen MR) is 122 cm³/mol. The highest BCUT2D eigenvalue weighted by Gasteiger charge is 2.32. The highest BCUT2D eigenvalue weighted by atomic mass is 35.5. The second-order valence-electron chi connectivity index (χ2n) is 7.76. The van der Waals surface area contributed by atoms with Crippen molar-refractivity contribution in [2.24, 2.45) is 0 Å². The summed E-state index contributed by atoms with van der Waals surface area (Å²) in [6.07, 6.45) is -0.527. The van der Waals surface area contributed by atoms with Crippen LogP contribution in [-0.2, 0) is 25.7 Å². The van der Waals surface area contributed by atoms with Gasteiger partial charge in [-0.1, -0.05) is 23.7 Å². The normalized spacial score (nSPS) is 16.2. The van der Waals surface area contributed by atoms with Crippen LogP contribution in [0.25, 0.3) is 0 Å². The molecule has 0 saturated carbocycles. The summed E-state index contributed by atoms with van der Waals surface area (Å²) in [6.45, 7) is 0.411. The summed E-state index contributed by atoms with van der Waals surface area (Å²) in [4.78, 5) is 40.5. The lowest BCUT2D eigenvalue weighted by atomic mass is 10.2. The van der Waals surface area contributed by atoms with Gasteiger partial charge in [0.15, 0.2) is 0 Å². The van der Waals surface area contributed by atoms with Gasteiger partial charge in [-0.25, -0.2) is 4.39 Å². The molecule has 1 aliphatic heterocycles. The van der Waals surface area contributed by atoms with Crippen molar-refractivity contribution in [1.82, 2.24) is 9.80 Å². The zero-order valence-electron chi connectivity index (χ0n) is 19.0. The minimum absolute atomic E-state index is 0.0164. The Morgan fingerprint density at radius 2 is 1.94 bits per heavy atom. The van der Waals surface area contributed by atoms with Crippen LogP contribution in [0.15, 0.2) is 42.5 Å². The van der Waals surface area contributed by atoms with Crippen LogP contribution in [0.1, 0.15) is 22.3 Å². The molecule has 0 radical (unpaired) electrons. The van der Waals surface area contributed by atoms with Crippen molar-refractivity contribution in [3.63, 3.8) is 0 Å². The Labute approximate surface area is 202 Å². The first-order chi connectivity index (χ1) is 16.3. The van der Waals surface area contributed by atoms with Crippen LogP contribution in [0, 0.1) is 5.82 Å². The van der Waals surface area contributed by atoms with E-state index in [0.717, 1.165) is 17.7 Å². The Hall–Kier alpha value is -3.17. The van der Waals surface area contributed by atoms with Gasteiger partial charge in [-0.05, 0) is 35.9 Å². The molecule has 2 amide bonds. The van der Waals surface area contributed by atoms with Crippen LogP contribution in [0.5, 0.6) is 5.75 Å². The van der Waals surface area contributed by atoms with Gasteiger partial charge in [0.2, 0.25) is 5.91 Å². The van der Waals surface area contributed by atoms with Gasteiger partial charge in [-0.15, -0.1) is 0 Å². The van der Waals surface area contributed by atoms with Crippen LogP contribution in [0.2, 0.25) is 5.02 Å². The second kappa shape index (κ2) is 11.8. The summed E-state index contributed by atoms with van der Waals surface area (Å²) >= 11 is 6.08. The molecule has 0 aromatic heterocycles. The molecule has 0 aliphatic carbocycles. The molecule has 1 aliphatic rings. The van der Waals surface area contributed by atoms with Gasteiger partial charge in [0, 0.05) is 19.6 Å². The van der Waals surface area contributed by atoms with E-state index in [1.807, 2.05) is 24.3 Å². The zero-order valence-corrected chi connectivity index (χ0v) is 19.7. The first kappa shape index (κ1) is 25.5. The molecule has 0 N–H and O–H groups in total. The summed E-state index contributed by atoms with van der Waals surface area (Å²) in [5.41, 5.74) is 0.945. The quantitative estimate of drug-likeness (QED) is 0.527. The number of hydrogen-bond donors (Lipinski definition) is 0. The molecule has 34 heavy (non-hydrogen) atoms. The smallest absolute Gasteiger partial charge is 0.307 e. The molecule has 2 aromatic carbocycles. The minimum Gasteiger partial charge on any atom is -0.497 e. The van der Waals surface area contributed by atoms with Crippen molar-refractivity contribution in [2.75, 3.05) is 40.4 Å². The number of ether oxygens (including phenoxy) is 3. The van der Waals surface area contributed by atoms with Crippen LogP contribution >= 0.6 is 11.6 Å². The number of rotatable bonds is 8. The van der Waals surface area contributed by atoms with Crippen molar-refractivity contribution in [3.8, 4) is 5.75 Å². The minimum atomic E-state index is -0.568. The highest BCUT2D eigenvalue weighted by molar-refractivity contribution is 6.33. The van der Waals surface area contributed by atoms with Gasteiger partial charge >= 0.3 is 5.97 Å².